The summed E-state index contributed by atoms with van der Waals surface area (Å²) in [5.74, 6) is 0.0135. The maximum absolute atomic E-state index is 11.7. The highest BCUT2D eigenvalue weighted by Gasteiger charge is 2.03. The van der Waals surface area contributed by atoms with Crippen molar-refractivity contribution < 1.29 is 5.11 Å². The minimum Gasteiger partial charge on any atom is -0.508 e. The Morgan fingerprint density at radius 3 is 2.47 bits per heavy atom. The molecule has 1 aromatic carbocycles. The first-order valence-electron chi connectivity index (χ1n) is 5.21. The number of aryl methyl sites for hydroxylation is 1. The van der Waals surface area contributed by atoms with E-state index in [2.05, 4.69) is 15.9 Å². The van der Waals surface area contributed by atoms with Crippen LogP contribution in [0.15, 0.2) is 45.7 Å². The zero-order valence-electron chi connectivity index (χ0n) is 9.35. The third kappa shape index (κ3) is 2.77. The van der Waals surface area contributed by atoms with Gasteiger partial charge in [-0.2, -0.15) is 0 Å². The molecule has 2 aromatic rings. The van der Waals surface area contributed by atoms with Gasteiger partial charge in [-0.1, -0.05) is 28.1 Å². The van der Waals surface area contributed by atoms with E-state index >= 15 is 0 Å². The van der Waals surface area contributed by atoms with Gasteiger partial charge in [0.2, 0.25) is 0 Å². The van der Waals surface area contributed by atoms with Gasteiger partial charge in [0, 0.05) is 16.2 Å². The fraction of sp³-hybridized carbons (Fsp3) is 0.154. The summed E-state index contributed by atoms with van der Waals surface area (Å²) in [4.78, 5) is 11.7. The number of aromatic hydroxyl groups is 1. The number of aromatic nitrogens is 1. The molecule has 0 saturated carbocycles. The Balaban J connectivity index is 2.36. The number of rotatable bonds is 2. The highest BCUT2D eigenvalue weighted by atomic mass is 79.9. The fourth-order valence-electron chi connectivity index (χ4n) is 1.69. The molecule has 1 N–H and O–H groups in total. The number of hydrogen-bond acceptors (Lipinski definition) is 2. The molecule has 0 bridgehead atoms. The molecule has 4 heteroatoms. The summed E-state index contributed by atoms with van der Waals surface area (Å²) >= 11 is 3.37. The quantitative estimate of drug-likeness (QED) is 0.925. The lowest BCUT2D eigenvalue weighted by Crippen LogP contribution is -2.21. The Bertz CT molecular complexity index is 587. The summed E-state index contributed by atoms with van der Waals surface area (Å²) in [6, 6.07) is 10.6. The van der Waals surface area contributed by atoms with Crippen LogP contribution in [0.25, 0.3) is 0 Å². The van der Waals surface area contributed by atoms with E-state index in [1.54, 1.807) is 17.6 Å². The van der Waals surface area contributed by atoms with E-state index in [1.807, 2.05) is 24.3 Å². The number of benzene rings is 1. The highest BCUT2D eigenvalue weighted by molar-refractivity contribution is 9.10. The largest absolute Gasteiger partial charge is 0.508 e. The first-order valence-corrected chi connectivity index (χ1v) is 6.00. The van der Waals surface area contributed by atoms with Crippen LogP contribution in [0.5, 0.6) is 5.75 Å². The first kappa shape index (κ1) is 11.9. The van der Waals surface area contributed by atoms with Gasteiger partial charge in [0.1, 0.15) is 5.75 Å². The Morgan fingerprint density at radius 2 is 1.88 bits per heavy atom. The van der Waals surface area contributed by atoms with Crippen molar-refractivity contribution in [2.75, 3.05) is 0 Å². The molecule has 1 aromatic heterocycles. The maximum atomic E-state index is 11.7. The molecule has 0 fully saturated rings. The van der Waals surface area contributed by atoms with Crippen molar-refractivity contribution in [1.29, 1.82) is 0 Å². The maximum Gasteiger partial charge on any atom is 0.254 e. The van der Waals surface area contributed by atoms with E-state index in [4.69, 9.17) is 0 Å². The standard InChI is InChI=1S/C13H12BrNO2/c1-9-6-12(16)7-13(17)15(9)8-10-2-4-11(14)5-3-10/h2-7,16H,8H2,1H3. The number of hydrogen-bond donors (Lipinski definition) is 1. The van der Waals surface area contributed by atoms with Crippen molar-refractivity contribution >= 4 is 15.9 Å². The van der Waals surface area contributed by atoms with Crippen LogP contribution in [0.3, 0.4) is 0 Å². The summed E-state index contributed by atoms with van der Waals surface area (Å²) in [6.45, 7) is 2.32. The monoisotopic (exact) mass is 293 g/mol. The van der Waals surface area contributed by atoms with Crippen LogP contribution in [0.2, 0.25) is 0 Å². The van der Waals surface area contributed by atoms with E-state index in [9.17, 15) is 9.90 Å². The molecule has 17 heavy (non-hydrogen) atoms. The summed E-state index contributed by atoms with van der Waals surface area (Å²) in [6.07, 6.45) is 0. The Hall–Kier alpha value is -1.55. The second-order valence-corrected chi connectivity index (χ2v) is 4.82. The summed E-state index contributed by atoms with van der Waals surface area (Å²) in [7, 11) is 0. The van der Waals surface area contributed by atoms with Gasteiger partial charge in [-0.15, -0.1) is 0 Å². The number of nitrogens with zero attached hydrogens (tertiary/aromatic N) is 1. The van der Waals surface area contributed by atoms with Gasteiger partial charge in [0.25, 0.3) is 5.56 Å². The normalized spacial score (nSPS) is 10.5. The molecule has 3 nitrogen and oxygen atoms in total. The molecular formula is C13H12BrNO2. The summed E-state index contributed by atoms with van der Waals surface area (Å²) in [5, 5.41) is 9.30. The van der Waals surface area contributed by atoms with E-state index < -0.39 is 0 Å². The molecule has 0 spiro atoms. The molecule has 0 atom stereocenters. The Labute approximate surface area is 107 Å². The molecule has 88 valence electrons. The van der Waals surface area contributed by atoms with Crippen LogP contribution >= 0.6 is 15.9 Å². The smallest absolute Gasteiger partial charge is 0.254 e. The van der Waals surface area contributed by atoms with Crippen LogP contribution in [-0.4, -0.2) is 9.67 Å². The van der Waals surface area contributed by atoms with Crippen molar-refractivity contribution in [3.05, 3.63) is 62.5 Å². The molecule has 0 aliphatic heterocycles. The highest BCUT2D eigenvalue weighted by Crippen LogP contribution is 2.13. The van der Waals surface area contributed by atoms with E-state index in [0.29, 0.717) is 6.54 Å². The predicted molar refractivity (Wildman–Crippen MR) is 70.3 cm³/mol. The van der Waals surface area contributed by atoms with Crippen LogP contribution in [-0.2, 0) is 6.54 Å². The average Bonchev–Trinajstić information content (AvgIpc) is 2.26. The average molecular weight is 294 g/mol. The lowest BCUT2D eigenvalue weighted by molar-refractivity contribution is 0.470. The Morgan fingerprint density at radius 1 is 1.24 bits per heavy atom. The second-order valence-electron chi connectivity index (χ2n) is 3.91. The van der Waals surface area contributed by atoms with Gasteiger partial charge in [0.05, 0.1) is 6.54 Å². The third-order valence-corrected chi connectivity index (χ3v) is 3.10. The van der Waals surface area contributed by atoms with Gasteiger partial charge in [-0.05, 0) is 30.7 Å². The molecule has 0 amide bonds. The minimum absolute atomic E-state index is 0.0135. The third-order valence-electron chi connectivity index (χ3n) is 2.57. The van der Waals surface area contributed by atoms with Gasteiger partial charge in [-0.25, -0.2) is 0 Å². The second kappa shape index (κ2) is 4.75. The topological polar surface area (TPSA) is 42.2 Å². The molecule has 0 aliphatic carbocycles. The van der Waals surface area contributed by atoms with Crippen LogP contribution in [0, 0.1) is 6.92 Å². The SMILES string of the molecule is Cc1cc(O)cc(=O)n1Cc1ccc(Br)cc1. The Kier molecular flexibility index (Phi) is 3.33. The van der Waals surface area contributed by atoms with E-state index in [1.165, 1.54) is 6.07 Å². The van der Waals surface area contributed by atoms with Crippen LogP contribution in [0.4, 0.5) is 0 Å². The molecule has 0 unspecified atom stereocenters. The van der Waals surface area contributed by atoms with Crippen molar-refractivity contribution in [3.63, 3.8) is 0 Å². The molecule has 0 radical (unpaired) electrons. The molecule has 0 saturated heterocycles. The van der Waals surface area contributed by atoms with E-state index in [0.717, 1.165) is 15.7 Å². The van der Waals surface area contributed by atoms with Crippen LogP contribution in [0.1, 0.15) is 11.3 Å². The van der Waals surface area contributed by atoms with E-state index in [-0.39, 0.29) is 11.3 Å². The van der Waals surface area contributed by atoms with Crippen molar-refractivity contribution in [3.8, 4) is 5.75 Å². The van der Waals surface area contributed by atoms with Crippen molar-refractivity contribution in [2.24, 2.45) is 0 Å². The van der Waals surface area contributed by atoms with Crippen molar-refractivity contribution in [1.82, 2.24) is 4.57 Å². The van der Waals surface area contributed by atoms with Gasteiger partial charge in [-0.3, -0.25) is 4.79 Å². The number of halogens is 1. The van der Waals surface area contributed by atoms with Gasteiger partial charge < -0.3 is 9.67 Å². The fourth-order valence-corrected chi connectivity index (χ4v) is 1.95. The van der Waals surface area contributed by atoms with Crippen LogP contribution < -0.4 is 5.56 Å². The van der Waals surface area contributed by atoms with Crippen molar-refractivity contribution in [2.45, 2.75) is 13.5 Å². The molecular weight excluding hydrogens is 282 g/mol. The van der Waals surface area contributed by atoms with Gasteiger partial charge >= 0.3 is 0 Å². The molecule has 2 rings (SSSR count). The predicted octanol–water partition coefficient (Wildman–Crippen LogP) is 2.67. The summed E-state index contributed by atoms with van der Waals surface area (Å²) < 4.78 is 2.64. The molecule has 1 heterocycles. The zero-order valence-corrected chi connectivity index (χ0v) is 10.9. The first-order chi connectivity index (χ1) is 8.06. The zero-order chi connectivity index (χ0) is 12.4. The lowest BCUT2D eigenvalue weighted by Gasteiger charge is -2.10. The number of pyridine rings is 1. The summed E-state index contributed by atoms with van der Waals surface area (Å²) in [5.41, 5.74) is 1.60. The van der Waals surface area contributed by atoms with Gasteiger partial charge in [0.15, 0.2) is 0 Å². The molecule has 0 aliphatic rings. The minimum atomic E-state index is -0.189. The lowest BCUT2D eigenvalue weighted by atomic mass is 10.2.